The van der Waals surface area contributed by atoms with E-state index in [2.05, 4.69) is 10.3 Å². The highest BCUT2D eigenvalue weighted by atomic mass is 16.5. The van der Waals surface area contributed by atoms with Crippen LogP contribution in [-0.2, 0) is 11.2 Å². The van der Waals surface area contributed by atoms with Crippen molar-refractivity contribution in [1.82, 2.24) is 4.98 Å². The van der Waals surface area contributed by atoms with Crippen LogP contribution in [0.3, 0.4) is 0 Å². The first-order chi connectivity index (χ1) is 12.1. The Balaban J connectivity index is 1.65. The van der Waals surface area contributed by atoms with Crippen LogP contribution in [-0.4, -0.2) is 29.2 Å². The summed E-state index contributed by atoms with van der Waals surface area (Å²) in [5.41, 5.74) is 1.11. The molecule has 5 nitrogen and oxygen atoms in total. The maximum atomic E-state index is 10.8. The lowest BCUT2D eigenvalue weighted by molar-refractivity contribution is -0.137. The van der Waals surface area contributed by atoms with Gasteiger partial charge in [-0.25, -0.2) is 4.98 Å². The number of nitrogens with one attached hydrogen (secondary N) is 1. The van der Waals surface area contributed by atoms with Crippen molar-refractivity contribution in [2.24, 2.45) is 5.92 Å². The van der Waals surface area contributed by atoms with Gasteiger partial charge in [0.25, 0.3) is 0 Å². The number of carboxylic acid groups (broad SMARTS) is 1. The molecule has 0 amide bonds. The van der Waals surface area contributed by atoms with Crippen LogP contribution < -0.4 is 10.1 Å². The minimum Gasteiger partial charge on any atom is -0.494 e. The van der Waals surface area contributed by atoms with Crippen molar-refractivity contribution in [2.45, 2.75) is 32.6 Å². The predicted molar refractivity (Wildman–Crippen MR) is 99.0 cm³/mol. The number of carboxylic acids is 1. The molecule has 5 heteroatoms. The van der Waals surface area contributed by atoms with Crippen LogP contribution in [0.5, 0.6) is 5.75 Å². The van der Waals surface area contributed by atoms with Gasteiger partial charge in [-0.05, 0) is 55.0 Å². The molecule has 0 spiro atoms. The lowest BCUT2D eigenvalue weighted by Crippen LogP contribution is -2.07. The van der Waals surface area contributed by atoms with Gasteiger partial charge in [0.15, 0.2) is 0 Å². The van der Waals surface area contributed by atoms with E-state index in [-0.39, 0.29) is 12.3 Å². The minimum atomic E-state index is -0.751. The smallest absolute Gasteiger partial charge is 0.303 e. The fraction of sp³-hybridized carbons (Fsp3) is 0.400. The first kappa shape index (κ1) is 18.8. The fourth-order valence-corrected chi connectivity index (χ4v) is 2.64. The molecule has 0 saturated carbocycles. The third kappa shape index (κ3) is 7.70. The van der Waals surface area contributed by atoms with Crippen molar-refractivity contribution in [3.05, 3.63) is 54.2 Å². The van der Waals surface area contributed by atoms with Crippen molar-refractivity contribution < 1.29 is 14.6 Å². The van der Waals surface area contributed by atoms with E-state index in [0.29, 0.717) is 6.61 Å². The van der Waals surface area contributed by atoms with Crippen LogP contribution in [0, 0.1) is 5.92 Å². The predicted octanol–water partition coefficient (Wildman–Crippen LogP) is 4.01. The molecule has 2 rings (SSSR count). The Hall–Kier alpha value is -2.56. The highest BCUT2D eigenvalue weighted by Crippen LogP contribution is 2.18. The first-order valence-corrected chi connectivity index (χ1v) is 8.72. The molecule has 134 valence electrons. The van der Waals surface area contributed by atoms with E-state index in [1.54, 1.807) is 6.20 Å². The number of unbranched alkanes of at least 4 members (excludes halogenated alkanes) is 1. The van der Waals surface area contributed by atoms with Crippen LogP contribution >= 0.6 is 0 Å². The van der Waals surface area contributed by atoms with E-state index in [9.17, 15) is 4.79 Å². The third-order valence-corrected chi connectivity index (χ3v) is 3.82. The van der Waals surface area contributed by atoms with Gasteiger partial charge < -0.3 is 15.2 Å². The average molecular weight is 342 g/mol. The molecule has 25 heavy (non-hydrogen) atoms. The van der Waals surface area contributed by atoms with Crippen molar-refractivity contribution in [3.63, 3.8) is 0 Å². The first-order valence-electron chi connectivity index (χ1n) is 8.72. The Morgan fingerprint density at radius 1 is 1.24 bits per heavy atom. The van der Waals surface area contributed by atoms with Gasteiger partial charge in [-0.2, -0.15) is 0 Å². The number of nitrogens with zero attached hydrogens (tertiary/aromatic N) is 1. The van der Waals surface area contributed by atoms with E-state index >= 15 is 0 Å². The molecule has 0 bridgehead atoms. The molecule has 1 heterocycles. The minimum absolute atomic E-state index is 0.116. The Morgan fingerprint density at radius 3 is 2.88 bits per heavy atom. The monoisotopic (exact) mass is 342 g/mol. The molecule has 1 aromatic heterocycles. The molecule has 0 aliphatic carbocycles. The fourth-order valence-electron chi connectivity index (χ4n) is 2.64. The van der Waals surface area contributed by atoms with Crippen LogP contribution in [0.15, 0.2) is 48.7 Å². The topological polar surface area (TPSA) is 71.5 Å². The number of hydrogen-bond acceptors (Lipinski definition) is 4. The maximum Gasteiger partial charge on any atom is 0.303 e. The number of rotatable bonds is 11. The van der Waals surface area contributed by atoms with Gasteiger partial charge in [0, 0.05) is 19.2 Å². The quantitative estimate of drug-likeness (QED) is 0.604. The van der Waals surface area contributed by atoms with Crippen LogP contribution in [0.25, 0.3) is 0 Å². The highest BCUT2D eigenvalue weighted by Gasteiger charge is 2.09. The van der Waals surface area contributed by atoms with Gasteiger partial charge >= 0.3 is 5.97 Å². The second kappa shape index (κ2) is 10.3. The molecule has 1 unspecified atom stereocenters. The highest BCUT2D eigenvalue weighted by molar-refractivity contribution is 5.67. The molecular weight excluding hydrogens is 316 g/mol. The Bertz CT molecular complexity index is 646. The number of benzene rings is 1. The number of aliphatic carboxylic acids is 1. The number of aromatic nitrogens is 1. The summed E-state index contributed by atoms with van der Waals surface area (Å²) in [7, 11) is 0. The van der Waals surface area contributed by atoms with Gasteiger partial charge in [-0.3, -0.25) is 4.79 Å². The van der Waals surface area contributed by atoms with Crippen LogP contribution in [0.4, 0.5) is 5.82 Å². The van der Waals surface area contributed by atoms with Gasteiger partial charge in [0.05, 0.1) is 6.61 Å². The van der Waals surface area contributed by atoms with Gasteiger partial charge in [0.2, 0.25) is 0 Å². The summed E-state index contributed by atoms with van der Waals surface area (Å²) in [5, 5.41) is 12.1. The van der Waals surface area contributed by atoms with Gasteiger partial charge in [-0.15, -0.1) is 0 Å². The molecule has 1 aromatic carbocycles. The molecule has 0 aliphatic rings. The maximum absolute atomic E-state index is 10.8. The molecule has 2 aromatic rings. The normalized spacial score (nSPS) is 11.7. The third-order valence-electron chi connectivity index (χ3n) is 3.82. The number of carbonyl (C=O) groups is 1. The molecule has 2 N–H and O–H groups in total. The van der Waals surface area contributed by atoms with E-state index in [0.717, 1.165) is 42.9 Å². The summed E-state index contributed by atoms with van der Waals surface area (Å²) in [6.45, 7) is 3.49. The molecule has 0 fully saturated rings. The molecule has 0 aliphatic heterocycles. The number of pyridine rings is 1. The number of hydrogen-bond donors (Lipinski definition) is 2. The van der Waals surface area contributed by atoms with E-state index in [1.807, 2.05) is 49.4 Å². The van der Waals surface area contributed by atoms with Gasteiger partial charge in [-0.1, -0.05) is 25.1 Å². The second-order valence-corrected chi connectivity index (χ2v) is 6.25. The van der Waals surface area contributed by atoms with Crippen molar-refractivity contribution in [2.75, 3.05) is 18.5 Å². The standard InChI is InChI=1S/C20H26N2O3/c1-16(14-20(23)24)13-17-7-6-8-18(15-17)25-12-5-4-11-22-19-9-2-3-10-21-19/h2-3,6-10,15-16H,4-5,11-14H2,1H3,(H,21,22)(H,23,24). The summed E-state index contributed by atoms with van der Waals surface area (Å²) in [4.78, 5) is 15.0. The van der Waals surface area contributed by atoms with E-state index in [1.165, 1.54) is 0 Å². The largest absolute Gasteiger partial charge is 0.494 e. The van der Waals surface area contributed by atoms with Crippen LogP contribution in [0.2, 0.25) is 0 Å². The van der Waals surface area contributed by atoms with E-state index < -0.39 is 5.97 Å². The number of anilines is 1. The zero-order chi connectivity index (χ0) is 17.9. The summed E-state index contributed by atoms with van der Waals surface area (Å²) in [6.07, 6.45) is 4.67. The Labute approximate surface area is 149 Å². The summed E-state index contributed by atoms with van der Waals surface area (Å²) < 4.78 is 5.80. The molecule has 0 radical (unpaired) electrons. The SMILES string of the molecule is CC(CC(=O)O)Cc1cccc(OCCCCNc2ccccn2)c1. The zero-order valence-electron chi connectivity index (χ0n) is 14.6. The van der Waals surface area contributed by atoms with Crippen molar-refractivity contribution in [3.8, 4) is 5.75 Å². The van der Waals surface area contributed by atoms with Crippen molar-refractivity contribution in [1.29, 1.82) is 0 Å². The lowest BCUT2D eigenvalue weighted by atomic mass is 9.98. The summed E-state index contributed by atoms with van der Waals surface area (Å²) in [6, 6.07) is 13.7. The van der Waals surface area contributed by atoms with Gasteiger partial charge in [0.1, 0.15) is 11.6 Å². The second-order valence-electron chi connectivity index (χ2n) is 6.25. The molecular formula is C20H26N2O3. The zero-order valence-corrected chi connectivity index (χ0v) is 14.6. The Kier molecular flexibility index (Phi) is 7.76. The number of ether oxygens (including phenoxy) is 1. The molecule has 1 atom stereocenters. The lowest BCUT2D eigenvalue weighted by Gasteiger charge is -2.11. The van der Waals surface area contributed by atoms with E-state index in [4.69, 9.17) is 9.84 Å². The summed E-state index contributed by atoms with van der Waals surface area (Å²) in [5.74, 6) is 1.11. The van der Waals surface area contributed by atoms with Crippen molar-refractivity contribution >= 4 is 11.8 Å². The van der Waals surface area contributed by atoms with Crippen LogP contribution in [0.1, 0.15) is 31.7 Å². The Morgan fingerprint density at radius 2 is 2.12 bits per heavy atom. The average Bonchev–Trinajstić information content (AvgIpc) is 2.58. The summed E-state index contributed by atoms with van der Waals surface area (Å²) >= 11 is 0. The molecule has 0 saturated heterocycles.